The lowest BCUT2D eigenvalue weighted by molar-refractivity contribution is 0.481. The summed E-state index contributed by atoms with van der Waals surface area (Å²) in [7, 11) is 0. The van der Waals surface area contributed by atoms with Crippen LogP contribution in [-0.4, -0.2) is 17.5 Å². The molecule has 2 aromatic carbocycles. The molecule has 0 atom stereocenters. The van der Waals surface area contributed by atoms with Gasteiger partial charge in [-0.3, -0.25) is 4.39 Å². The first-order valence-electron chi connectivity index (χ1n) is 5.22. The number of hydrogen-bond donors (Lipinski definition) is 1. The smallest absolute Gasteiger partial charge is 0.123 e. The molecule has 3 heteroatoms. The summed E-state index contributed by atoms with van der Waals surface area (Å²) in [6, 6.07) is 11.3. The maximum atomic E-state index is 12.0. The van der Waals surface area contributed by atoms with Crippen molar-refractivity contribution < 1.29 is 9.50 Å². The van der Waals surface area contributed by atoms with Crippen molar-refractivity contribution in [3.63, 3.8) is 0 Å². The van der Waals surface area contributed by atoms with Gasteiger partial charge in [-0.2, -0.15) is 0 Å². The first kappa shape index (κ1) is 11.3. The lowest BCUT2D eigenvalue weighted by atomic mass is 10.1. The molecule has 0 aliphatic carbocycles. The molecule has 0 saturated carbocycles. The molecular weight excluding hydrogens is 223 g/mol. The Kier molecular flexibility index (Phi) is 3.67. The van der Waals surface area contributed by atoms with Gasteiger partial charge in [0.05, 0.1) is 6.67 Å². The lowest BCUT2D eigenvalue weighted by Crippen LogP contribution is -1.83. The van der Waals surface area contributed by atoms with Gasteiger partial charge in [-0.1, -0.05) is 24.3 Å². The highest BCUT2D eigenvalue weighted by Crippen LogP contribution is 2.33. The van der Waals surface area contributed by atoms with Gasteiger partial charge in [0.1, 0.15) is 5.75 Å². The van der Waals surface area contributed by atoms with Crippen LogP contribution in [-0.2, 0) is 0 Å². The molecule has 0 aromatic heterocycles. The van der Waals surface area contributed by atoms with Crippen LogP contribution in [0.25, 0.3) is 10.8 Å². The zero-order chi connectivity index (χ0) is 11.4. The van der Waals surface area contributed by atoms with Crippen LogP contribution in [0.3, 0.4) is 0 Å². The molecule has 2 rings (SSSR count). The zero-order valence-electron chi connectivity index (χ0n) is 8.82. The van der Waals surface area contributed by atoms with E-state index in [1.807, 2.05) is 30.3 Å². The number of phenols is 1. The number of halogens is 1. The quantitative estimate of drug-likeness (QED) is 0.639. The standard InChI is InChI=1S/C13H13FOS/c14-8-3-9-16-13-7-6-12(15)10-4-1-2-5-11(10)13/h1-2,4-7,15H,3,8-9H2. The zero-order valence-corrected chi connectivity index (χ0v) is 9.64. The highest BCUT2D eigenvalue weighted by Gasteiger charge is 2.04. The van der Waals surface area contributed by atoms with Crippen LogP contribution in [0.15, 0.2) is 41.3 Å². The molecule has 2 aromatic rings. The van der Waals surface area contributed by atoms with Gasteiger partial charge < -0.3 is 5.11 Å². The maximum absolute atomic E-state index is 12.0. The number of rotatable bonds is 4. The van der Waals surface area contributed by atoms with Crippen LogP contribution in [0.5, 0.6) is 5.75 Å². The van der Waals surface area contributed by atoms with Crippen LogP contribution in [0.1, 0.15) is 6.42 Å². The van der Waals surface area contributed by atoms with E-state index in [9.17, 15) is 9.50 Å². The third-order valence-electron chi connectivity index (χ3n) is 2.40. The number of hydrogen-bond acceptors (Lipinski definition) is 2. The molecule has 0 aliphatic heterocycles. The summed E-state index contributed by atoms with van der Waals surface area (Å²) in [6.07, 6.45) is 0.569. The van der Waals surface area contributed by atoms with E-state index in [4.69, 9.17) is 0 Å². The fraction of sp³-hybridized carbons (Fsp3) is 0.231. The average molecular weight is 236 g/mol. The Morgan fingerprint density at radius 3 is 2.56 bits per heavy atom. The van der Waals surface area contributed by atoms with Crippen LogP contribution in [0, 0.1) is 0 Å². The van der Waals surface area contributed by atoms with Gasteiger partial charge in [0, 0.05) is 16.0 Å². The molecule has 0 bridgehead atoms. The normalized spacial score (nSPS) is 10.8. The number of aromatic hydroxyl groups is 1. The van der Waals surface area contributed by atoms with E-state index in [1.165, 1.54) is 0 Å². The van der Waals surface area contributed by atoms with Gasteiger partial charge in [0.2, 0.25) is 0 Å². The number of thioether (sulfide) groups is 1. The topological polar surface area (TPSA) is 20.2 Å². The highest BCUT2D eigenvalue weighted by atomic mass is 32.2. The van der Waals surface area contributed by atoms with Gasteiger partial charge in [-0.05, 0) is 23.9 Å². The Morgan fingerprint density at radius 1 is 1.06 bits per heavy atom. The number of alkyl halides is 1. The van der Waals surface area contributed by atoms with E-state index in [0.29, 0.717) is 12.2 Å². The fourth-order valence-corrected chi connectivity index (χ4v) is 2.59. The Morgan fingerprint density at radius 2 is 1.81 bits per heavy atom. The van der Waals surface area contributed by atoms with Gasteiger partial charge in [-0.25, -0.2) is 0 Å². The van der Waals surface area contributed by atoms with Crippen molar-refractivity contribution in [2.24, 2.45) is 0 Å². The number of phenolic OH excluding ortho intramolecular Hbond substituents is 1. The lowest BCUT2D eigenvalue weighted by Gasteiger charge is -2.07. The van der Waals surface area contributed by atoms with Crippen molar-refractivity contribution in [3.8, 4) is 5.75 Å². The van der Waals surface area contributed by atoms with Crippen LogP contribution in [0.4, 0.5) is 4.39 Å². The van der Waals surface area contributed by atoms with E-state index >= 15 is 0 Å². The molecular formula is C13H13FOS. The molecule has 16 heavy (non-hydrogen) atoms. The summed E-state index contributed by atoms with van der Waals surface area (Å²) in [4.78, 5) is 1.10. The first-order chi connectivity index (χ1) is 7.83. The molecule has 0 aliphatic rings. The summed E-state index contributed by atoms with van der Waals surface area (Å²) < 4.78 is 12.0. The van der Waals surface area contributed by atoms with Crippen molar-refractivity contribution in [2.45, 2.75) is 11.3 Å². The molecule has 0 unspecified atom stereocenters. The SMILES string of the molecule is Oc1ccc(SCCCF)c2ccccc12. The summed E-state index contributed by atoms with van der Waals surface area (Å²) in [6.45, 7) is -0.275. The van der Waals surface area contributed by atoms with Gasteiger partial charge in [0.15, 0.2) is 0 Å². The first-order valence-corrected chi connectivity index (χ1v) is 6.21. The van der Waals surface area contributed by atoms with E-state index in [1.54, 1.807) is 17.8 Å². The predicted octanol–water partition coefficient (Wildman–Crippen LogP) is 4.00. The highest BCUT2D eigenvalue weighted by molar-refractivity contribution is 7.99. The largest absolute Gasteiger partial charge is 0.507 e. The summed E-state index contributed by atoms with van der Waals surface area (Å²) in [5.41, 5.74) is 0. The minimum atomic E-state index is -0.275. The third-order valence-corrected chi connectivity index (χ3v) is 3.56. The Hall–Kier alpha value is -1.22. The minimum absolute atomic E-state index is 0.275. The summed E-state index contributed by atoms with van der Waals surface area (Å²) >= 11 is 1.63. The molecule has 0 amide bonds. The van der Waals surface area contributed by atoms with E-state index in [-0.39, 0.29) is 6.67 Å². The minimum Gasteiger partial charge on any atom is -0.507 e. The fourth-order valence-electron chi connectivity index (χ4n) is 1.62. The molecule has 0 saturated heterocycles. The summed E-state index contributed by atoms with van der Waals surface area (Å²) in [5, 5.41) is 11.6. The molecule has 0 fully saturated rings. The van der Waals surface area contributed by atoms with Crippen molar-refractivity contribution in [2.75, 3.05) is 12.4 Å². The van der Waals surface area contributed by atoms with E-state index in [2.05, 4.69) is 0 Å². The Balaban J connectivity index is 2.35. The van der Waals surface area contributed by atoms with E-state index in [0.717, 1.165) is 21.4 Å². The van der Waals surface area contributed by atoms with Gasteiger partial charge in [0.25, 0.3) is 0 Å². The second kappa shape index (κ2) is 5.21. The van der Waals surface area contributed by atoms with Crippen LogP contribution in [0.2, 0.25) is 0 Å². The molecule has 1 N–H and O–H groups in total. The number of fused-ring (bicyclic) bond motifs is 1. The van der Waals surface area contributed by atoms with Gasteiger partial charge in [-0.15, -0.1) is 11.8 Å². The molecule has 0 radical (unpaired) electrons. The van der Waals surface area contributed by atoms with Crippen molar-refractivity contribution in [1.29, 1.82) is 0 Å². The average Bonchev–Trinajstić information content (AvgIpc) is 2.33. The van der Waals surface area contributed by atoms with Crippen molar-refractivity contribution in [3.05, 3.63) is 36.4 Å². The second-order valence-electron chi connectivity index (χ2n) is 3.52. The Bertz CT molecular complexity index is 484. The van der Waals surface area contributed by atoms with Gasteiger partial charge >= 0.3 is 0 Å². The molecule has 0 heterocycles. The monoisotopic (exact) mass is 236 g/mol. The predicted molar refractivity (Wildman–Crippen MR) is 66.9 cm³/mol. The molecule has 1 nitrogen and oxygen atoms in total. The van der Waals surface area contributed by atoms with Crippen molar-refractivity contribution >= 4 is 22.5 Å². The molecule has 0 spiro atoms. The maximum Gasteiger partial charge on any atom is 0.123 e. The van der Waals surface area contributed by atoms with Crippen molar-refractivity contribution in [1.82, 2.24) is 0 Å². The Labute approximate surface area is 98.3 Å². The second-order valence-corrected chi connectivity index (χ2v) is 4.66. The molecule has 84 valence electrons. The van der Waals surface area contributed by atoms with E-state index < -0.39 is 0 Å². The van der Waals surface area contributed by atoms with Crippen LogP contribution < -0.4 is 0 Å². The summed E-state index contributed by atoms with van der Waals surface area (Å²) in [5.74, 6) is 1.07. The number of benzene rings is 2. The third kappa shape index (κ3) is 2.30. The van der Waals surface area contributed by atoms with Crippen LogP contribution >= 0.6 is 11.8 Å².